The third-order valence-electron chi connectivity index (χ3n) is 2.93. The van der Waals surface area contributed by atoms with E-state index in [0.717, 1.165) is 10.4 Å². The quantitative estimate of drug-likeness (QED) is 0.510. The second kappa shape index (κ2) is 7.32. The van der Waals surface area contributed by atoms with Gasteiger partial charge in [-0.25, -0.2) is 0 Å². The van der Waals surface area contributed by atoms with Crippen LogP contribution in [0.1, 0.15) is 20.8 Å². The van der Waals surface area contributed by atoms with Crippen LogP contribution in [0.15, 0.2) is 41.8 Å². The van der Waals surface area contributed by atoms with Gasteiger partial charge in [-0.2, -0.15) is 0 Å². The van der Waals surface area contributed by atoms with E-state index in [-0.39, 0.29) is 11.3 Å². The largest absolute Gasteiger partial charge is 0.269 e. The molecule has 2 aromatic rings. The first-order valence-corrected chi connectivity index (χ1v) is 7.42. The number of benzene rings is 1. The van der Waals surface area contributed by atoms with Crippen LogP contribution in [0.2, 0.25) is 0 Å². The summed E-state index contributed by atoms with van der Waals surface area (Å²) in [6.07, 6.45) is 2.97. The summed E-state index contributed by atoms with van der Waals surface area (Å²) in [4.78, 5) is 34.4. The number of amides is 2. The molecule has 0 fully saturated rings. The third-order valence-corrected chi connectivity index (χ3v) is 3.91. The highest BCUT2D eigenvalue weighted by atomic mass is 32.1. The van der Waals surface area contributed by atoms with Crippen molar-refractivity contribution in [3.05, 3.63) is 67.9 Å². The monoisotopic (exact) mass is 331 g/mol. The minimum Gasteiger partial charge on any atom is -0.268 e. The van der Waals surface area contributed by atoms with E-state index in [2.05, 4.69) is 10.9 Å². The number of nitro groups is 1. The van der Waals surface area contributed by atoms with Crippen LogP contribution >= 0.6 is 11.3 Å². The minimum absolute atomic E-state index is 0.111. The number of thiophene rings is 1. The maximum atomic E-state index is 11.8. The minimum atomic E-state index is -0.561. The van der Waals surface area contributed by atoms with Crippen molar-refractivity contribution in [2.24, 2.45) is 0 Å². The Morgan fingerprint density at radius 2 is 1.87 bits per heavy atom. The zero-order valence-corrected chi connectivity index (χ0v) is 12.9. The van der Waals surface area contributed by atoms with E-state index in [1.165, 1.54) is 41.7 Å². The number of non-ortho nitro benzene ring substituents is 1. The molecule has 118 valence electrons. The Kier molecular flexibility index (Phi) is 5.21. The molecule has 8 heteroatoms. The lowest BCUT2D eigenvalue weighted by Crippen LogP contribution is -2.40. The molecular formula is C15H13N3O4S. The van der Waals surface area contributed by atoms with E-state index in [1.807, 2.05) is 18.4 Å². The number of carbonyl (C=O) groups excluding carboxylic acids is 2. The van der Waals surface area contributed by atoms with Crippen LogP contribution in [0.25, 0.3) is 6.08 Å². The van der Waals surface area contributed by atoms with Crippen LogP contribution in [0.3, 0.4) is 0 Å². The van der Waals surface area contributed by atoms with Gasteiger partial charge in [0.05, 0.1) is 4.92 Å². The first-order chi connectivity index (χ1) is 11.0. The number of hydrogen-bond donors (Lipinski definition) is 2. The third kappa shape index (κ3) is 4.48. The summed E-state index contributed by atoms with van der Waals surface area (Å²) in [5.74, 6) is -1.04. The number of nitrogens with one attached hydrogen (secondary N) is 2. The number of nitro benzene ring substituents is 1. The van der Waals surface area contributed by atoms with Crippen molar-refractivity contribution < 1.29 is 14.5 Å². The van der Waals surface area contributed by atoms with Gasteiger partial charge in [-0.15, -0.1) is 11.3 Å². The topological polar surface area (TPSA) is 101 Å². The molecule has 2 N–H and O–H groups in total. The van der Waals surface area contributed by atoms with Gasteiger partial charge in [-0.3, -0.25) is 30.6 Å². The zero-order chi connectivity index (χ0) is 16.8. The van der Waals surface area contributed by atoms with Gasteiger partial charge in [0.25, 0.3) is 17.5 Å². The van der Waals surface area contributed by atoms with E-state index in [0.29, 0.717) is 0 Å². The Morgan fingerprint density at radius 1 is 1.17 bits per heavy atom. The van der Waals surface area contributed by atoms with E-state index >= 15 is 0 Å². The standard InChI is InChI=1S/C15H13N3O4S/c1-10-8-9-23-13(10)6-7-14(19)16-17-15(20)11-2-4-12(5-3-11)18(21)22/h2-9H,1H3,(H,16,19)(H,17,20)/b7-6+. The maximum absolute atomic E-state index is 11.8. The molecule has 0 aliphatic heterocycles. The van der Waals surface area contributed by atoms with Crippen molar-refractivity contribution in [3.8, 4) is 0 Å². The molecule has 0 saturated carbocycles. The first-order valence-electron chi connectivity index (χ1n) is 6.54. The predicted molar refractivity (Wildman–Crippen MR) is 86.8 cm³/mol. The lowest BCUT2D eigenvalue weighted by atomic mass is 10.2. The lowest BCUT2D eigenvalue weighted by Gasteiger charge is -2.05. The van der Waals surface area contributed by atoms with Gasteiger partial charge in [-0.05, 0) is 42.1 Å². The molecule has 1 heterocycles. The van der Waals surface area contributed by atoms with Crippen LogP contribution in [0, 0.1) is 17.0 Å². The molecule has 0 radical (unpaired) electrons. The molecule has 2 rings (SSSR count). The van der Waals surface area contributed by atoms with Crippen molar-refractivity contribution in [2.75, 3.05) is 0 Å². The molecule has 0 saturated heterocycles. The SMILES string of the molecule is Cc1ccsc1/C=C/C(=O)NNC(=O)c1ccc([N+](=O)[O-])cc1. The van der Waals surface area contributed by atoms with Crippen LogP contribution in [0.5, 0.6) is 0 Å². The highest BCUT2D eigenvalue weighted by Gasteiger charge is 2.09. The summed E-state index contributed by atoms with van der Waals surface area (Å²) in [7, 11) is 0. The Bertz CT molecular complexity index is 765. The highest BCUT2D eigenvalue weighted by Crippen LogP contribution is 2.16. The smallest absolute Gasteiger partial charge is 0.268 e. The van der Waals surface area contributed by atoms with E-state index in [9.17, 15) is 19.7 Å². The summed E-state index contributed by atoms with van der Waals surface area (Å²) >= 11 is 1.51. The number of nitrogens with zero attached hydrogens (tertiary/aromatic N) is 1. The average Bonchev–Trinajstić information content (AvgIpc) is 2.95. The van der Waals surface area contributed by atoms with Crippen LogP contribution in [-0.4, -0.2) is 16.7 Å². The summed E-state index contributed by atoms with van der Waals surface area (Å²) in [5.41, 5.74) is 5.64. The van der Waals surface area contributed by atoms with Gasteiger partial charge >= 0.3 is 0 Å². The van der Waals surface area contributed by atoms with E-state index < -0.39 is 16.7 Å². The van der Waals surface area contributed by atoms with Crippen molar-refractivity contribution in [1.29, 1.82) is 0 Å². The molecule has 0 atom stereocenters. The normalized spacial score (nSPS) is 10.5. The van der Waals surface area contributed by atoms with E-state index in [4.69, 9.17) is 0 Å². The van der Waals surface area contributed by atoms with Crippen molar-refractivity contribution in [3.63, 3.8) is 0 Å². The summed E-state index contributed by atoms with van der Waals surface area (Å²) < 4.78 is 0. The Morgan fingerprint density at radius 3 is 2.43 bits per heavy atom. The molecule has 1 aromatic carbocycles. The summed E-state index contributed by atoms with van der Waals surface area (Å²) in [5, 5.41) is 12.5. The Labute approximate surface area is 135 Å². The van der Waals surface area contributed by atoms with Gasteiger partial charge in [0.1, 0.15) is 0 Å². The van der Waals surface area contributed by atoms with Crippen molar-refractivity contribution in [2.45, 2.75) is 6.92 Å². The zero-order valence-electron chi connectivity index (χ0n) is 12.1. The number of rotatable bonds is 4. The second-order valence-electron chi connectivity index (χ2n) is 4.55. The lowest BCUT2D eigenvalue weighted by molar-refractivity contribution is -0.384. The van der Waals surface area contributed by atoms with Crippen molar-refractivity contribution >= 4 is 34.9 Å². The van der Waals surface area contributed by atoms with Gasteiger partial charge in [0.2, 0.25) is 0 Å². The number of aryl methyl sites for hydroxylation is 1. The van der Waals surface area contributed by atoms with Gasteiger partial charge < -0.3 is 0 Å². The Balaban J connectivity index is 1.88. The van der Waals surface area contributed by atoms with Crippen LogP contribution in [0.4, 0.5) is 5.69 Å². The van der Waals surface area contributed by atoms with Gasteiger partial charge in [0.15, 0.2) is 0 Å². The molecule has 1 aromatic heterocycles. The molecular weight excluding hydrogens is 318 g/mol. The molecule has 2 amide bonds. The van der Waals surface area contributed by atoms with E-state index in [1.54, 1.807) is 6.08 Å². The molecule has 0 bridgehead atoms. The fourth-order valence-electron chi connectivity index (χ4n) is 1.67. The summed E-state index contributed by atoms with van der Waals surface area (Å²) in [6.45, 7) is 1.93. The number of hydrogen-bond acceptors (Lipinski definition) is 5. The first kappa shape index (κ1) is 16.4. The fraction of sp³-hybridized carbons (Fsp3) is 0.0667. The van der Waals surface area contributed by atoms with Crippen LogP contribution < -0.4 is 10.9 Å². The van der Waals surface area contributed by atoms with Gasteiger partial charge in [0, 0.05) is 28.6 Å². The fourth-order valence-corrected chi connectivity index (χ4v) is 2.49. The number of hydrazine groups is 1. The molecule has 7 nitrogen and oxygen atoms in total. The predicted octanol–water partition coefficient (Wildman–Crippen LogP) is 2.44. The highest BCUT2D eigenvalue weighted by molar-refractivity contribution is 7.11. The van der Waals surface area contributed by atoms with Crippen molar-refractivity contribution in [1.82, 2.24) is 10.9 Å². The molecule has 0 unspecified atom stereocenters. The molecule has 23 heavy (non-hydrogen) atoms. The van der Waals surface area contributed by atoms with Gasteiger partial charge in [-0.1, -0.05) is 0 Å². The molecule has 0 aliphatic carbocycles. The average molecular weight is 331 g/mol. The molecule has 0 spiro atoms. The maximum Gasteiger partial charge on any atom is 0.269 e. The Hall–Kier alpha value is -3.00. The molecule has 0 aliphatic rings. The second-order valence-corrected chi connectivity index (χ2v) is 5.50. The van der Waals surface area contributed by atoms with Crippen LogP contribution in [-0.2, 0) is 4.79 Å². The summed E-state index contributed by atoms with van der Waals surface area (Å²) in [6, 6.07) is 7.00. The number of carbonyl (C=O) groups is 2.